The van der Waals surface area contributed by atoms with Crippen LogP contribution in [0.25, 0.3) is 0 Å². The first-order valence-electron chi connectivity index (χ1n) is 17.3. The molecule has 2 heterocycles. The molecule has 1 aromatic heterocycles. The number of fused-ring (bicyclic) bond motifs is 2. The molecule has 1 fully saturated rings. The summed E-state index contributed by atoms with van der Waals surface area (Å²) in [5, 5.41) is 32.4. The largest absolute Gasteiger partial charge is 0.490 e. The zero-order chi connectivity index (χ0) is 36.5. The van der Waals surface area contributed by atoms with Crippen LogP contribution in [-0.2, 0) is 19.0 Å². The maximum absolute atomic E-state index is 13.4. The van der Waals surface area contributed by atoms with E-state index in [1.54, 1.807) is 12.2 Å². The smallest absolute Gasteiger partial charge is 0.361 e. The number of hydrogen-bond donors (Lipinski definition) is 2. The van der Waals surface area contributed by atoms with Crippen LogP contribution in [0.15, 0.2) is 60.3 Å². The SMILES string of the molecule is C=CCOc1ccc2c(c1)C1C(CCCCO)C(CCCCO)C=C3C(=NOC)CC(n4nnc(C(=O)OC)c4C(=O)OC)C(OCC=C)(O2)C31. The van der Waals surface area contributed by atoms with Crippen molar-refractivity contribution in [1.29, 1.82) is 0 Å². The molecule has 2 aliphatic carbocycles. The third kappa shape index (κ3) is 7.30. The van der Waals surface area contributed by atoms with Crippen LogP contribution in [0, 0.1) is 17.8 Å². The Kier molecular flexibility index (Phi) is 12.7. The zero-order valence-corrected chi connectivity index (χ0v) is 29.5. The zero-order valence-electron chi connectivity index (χ0n) is 29.5. The molecule has 51 heavy (non-hydrogen) atoms. The van der Waals surface area contributed by atoms with Crippen molar-refractivity contribution in [3.8, 4) is 11.5 Å². The van der Waals surface area contributed by atoms with E-state index in [9.17, 15) is 19.8 Å². The van der Waals surface area contributed by atoms with Crippen molar-refractivity contribution < 1.29 is 48.3 Å². The first-order valence-corrected chi connectivity index (χ1v) is 17.3. The molecular formula is C37H48N4O10. The molecule has 14 nitrogen and oxygen atoms in total. The van der Waals surface area contributed by atoms with E-state index in [1.165, 1.54) is 26.0 Å². The number of rotatable bonds is 18. The van der Waals surface area contributed by atoms with E-state index >= 15 is 0 Å². The molecule has 0 radical (unpaired) electrons. The van der Waals surface area contributed by atoms with Crippen molar-refractivity contribution in [2.24, 2.45) is 22.9 Å². The molecule has 1 saturated carbocycles. The third-order valence-electron chi connectivity index (χ3n) is 9.96. The van der Waals surface area contributed by atoms with Crippen LogP contribution in [0.4, 0.5) is 0 Å². The number of carbonyl (C=O) groups excluding carboxylic acids is 2. The fraction of sp³-hybridized carbons (Fsp3) is 0.541. The Morgan fingerprint density at radius 3 is 2.43 bits per heavy atom. The van der Waals surface area contributed by atoms with E-state index in [0.717, 1.165) is 36.8 Å². The minimum Gasteiger partial charge on any atom is -0.490 e. The highest BCUT2D eigenvalue weighted by Crippen LogP contribution is 2.63. The summed E-state index contributed by atoms with van der Waals surface area (Å²) in [4.78, 5) is 31.7. The molecule has 5 rings (SSSR count). The highest BCUT2D eigenvalue weighted by Gasteiger charge is 2.65. The van der Waals surface area contributed by atoms with Crippen LogP contribution >= 0.6 is 0 Å². The lowest BCUT2D eigenvalue weighted by molar-refractivity contribution is -0.252. The maximum Gasteiger partial charge on any atom is 0.361 e. The van der Waals surface area contributed by atoms with Crippen molar-refractivity contribution in [2.75, 3.05) is 47.8 Å². The Morgan fingerprint density at radius 1 is 1.04 bits per heavy atom. The number of methoxy groups -OCH3 is 2. The number of oxime groups is 1. The van der Waals surface area contributed by atoms with Crippen LogP contribution in [0.1, 0.15) is 83.4 Å². The number of unbranched alkanes of at least 4 members (excludes halogenated alkanes) is 2. The fourth-order valence-electron chi connectivity index (χ4n) is 7.97. The Labute approximate surface area is 297 Å². The first-order chi connectivity index (χ1) is 24.8. The summed E-state index contributed by atoms with van der Waals surface area (Å²) in [5.74, 6) is -2.76. The molecule has 0 bridgehead atoms. The van der Waals surface area contributed by atoms with Gasteiger partial charge in [0.1, 0.15) is 31.3 Å². The minimum absolute atomic E-state index is 0.0250. The molecule has 6 atom stereocenters. The molecule has 1 aliphatic heterocycles. The van der Waals surface area contributed by atoms with Gasteiger partial charge in [-0.1, -0.05) is 48.0 Å². The molecule has 2 aromatic rings. The third-order valence-corrected chi connectivity index (χ3v) is 9.96. The maximum atomic E-state index is 13.4. The number of aromatic nitrogens is 3. The van der Waals surface area contributed by atoms with Crippen LogP contribution < -0.4 is 9.47 Å². The predicted octanol–water partition coefficient (Wildman–Crippen LogP) is 4.55. The molecule has 276 valence electrons. The van der Waals surface area contributed by atoms with Crippen LogP contribution in [-0.4, -0.2) is 96.4 Å². The summed E-state index contributed by atoms with van der Waals surface area (Å²) in [6.45, 7) is 8.25. The Hall–Kier alpha value is -4.53. The molecule has 0 saturated heterocycles. The standard InChI is InChI=1S/C37H48N4O10/c1-6-18-49-24-14-15-29-27(21-24)31-25(13-9-11-17-43)23(12-8-10-16-42)20-26-28(39-48-5)22-30(37(51-29,32(26)31)50-19-7-2)41-34(36(45)47-4)33(38-40-41)35(44)46-3/h6-7,14-15,20-21,23,25,30-32,42-43H,1-2,8-13,16-19,22H2,3-5H3. The molecular weight excluding hydrogens is 660 g/mol. The van der Waals surface area contributed by atoms with Crippen LogP contribution in [0.2, 0.25) is 0 Å². The summed E-state index contributed by atoms with van der Waals surface area (Å²) < 4.78 is 31.3. The number of ether oxygens (including phenoxy) is 5. The van der Waals surface area contributed by atoms with E-state index in [-0.39, 0.29) is 55.4 Å². The monoisotopic (exact) mass is 708 g/mol. The first kappa shape index (κ1) is 37.7. The number of aliphatic hydroxyl groups is 2. The van der Waals surface area contributed by atoms with Gasteiger partial charge in [-0.05, 0) is 61.3 Å². The highest BCUT2D eigenvalue weighted by molar-refractivity contribution is 6.03. The van der Waals surface area contributed by atoms with Gasteiger partial charge in [0, 0.05) is 31.1 Å². The van der Waals surface area contributed by atoms with E-state index in [4.69, 9.17) is 28.5 Å². The number of carbonyl (C=O) groups is 2. The van der Waals surface area contributed by atoms with Gasteiger partial charge in [-0.25, -0.2) is 14.3 Å². The lowest BCUT2D eigenvalue weighted by Crippen LogP contribution is -2.63. The summed E-state index contributed by atoms with van der Waals surface area (Å²) >= 11 is 0. The summed E-state index contributed by atoms with van der Waals surface area (Å²) in [5.41, 5.74) is 1.82. The predicted molar refractivity (Wildman–Crippen MR) is 186 cm³/mol. The number of allylic oxidation sites excluding steroid dienone is 1. The van der Waals surface area contributed by atoms with Gasteiger partial charge in [0.25, 0.3) is 0 Å². The lowest BCUT2D eigenvalue weighted by Gasteiger charge is -2.58. The molecule has 2 N–H and O–H groups in total. The molecule has 1 aromatic carbocycles. The van der Waals surface area contributed by atoms with Crippen molar-refractivity contribution in [2.45, 2.75) is 62.7 Å². The summed E-state index contributed by atoms with van der Waals surface area (Å²) in [6, 6.07) is 4.74. The quantitative estimate of drug-likeness (QED) is 0.0959. The van der Waals surface area contributed by atoms with E-state index < -0.39 is 29.7 Å². The topological polar surface area (TPSA) is 173 Å². The molecule has 0 amide bonds. The highest BCUT2D eigenvalue weighted by atomic mass is 16.7. The molecule has 6 unspecified atom stereocenters. The van der Waals surface area contributed by atoms with Crippen molar-refractivity contribution in [3.63, 3.8) is 0 Å². The van der Waals surface area contributed by atoms with Gasteiger partial charge in [0.2, 0.25) is 11.5 Å². The van der Waals surface area contributed by atoms with Gasteiger partial charge in [-0.15, -0.1) is 11.7 Å². The van der Waals surface area contributed by atoms with Crippen molar-refractivity contribution in [3.05, 3.63) is 72.1 Å². The minimum atomic E-state index is -1.54. The van der Waals surface area contributed by atoms with Gasteiger partial charge in [-0.2, -0.15) is 0 Å². The second-order valence-corrected chi connectivity index (χ2v) is 12.8. The Bertz CT molecular complexity index is 1640. The summed E-state index contributed by atoms with van der Waals surface area (Å²) in [6.07, 6.45) is 10.1. The Morgan fingerprint density at radius 2 is 1.76 bits per heavy atom. The average Bonchev–Trinajstić information content (AvgIpc) is 3.59. The van der Waals surface area contributed by atoms with Crippen LogP contribution in [0.3, 0.4) is 0 Å². The lowest BCUT2D eigenvalue weighted by atomic mass is 9.55. The number of aliphatic hydroxyl groups excluding tert-OH is 2. The van der Waals surface area contributed by atoms with Gasteiger partial charge in [0.15, 0.2) is 5.69 Å². The second kappa shape index (κ2) is 17.1. The van der Waals surface area contributed by atoms with Gasteiger partial charge < -0.3 is 38.7 Å². The van der Waals surface area contributed by atoms with E-state index in [2.05, 4.69) is 34.7 Å². The van der Waals surface area contributed by atoms with Crippen molar-refractivity contribution in [1.82, 2.24) is 15.0 Å². The Balaban J connectivity index is 1.83. The second-order valence-electron chi connectivity index (χ2n) is 12.8. The van der Waals surface area contributed by atoms with Crippen LogP contribution in [0.5, 0.6) is 11.5 Å². The fourth-order valence-corrected chi connectivity index (χ4v) is 7.97. The molecule has 14 heteroatoms. The van der Waals surface area contributed by atoms with Gasteiger partial charge in [-0.3, -0.25) is 0 Å². The normalized spacial score (nSPS) is 25.5. The average molecular weight is 709 g/mol. The van der Waals surface area contributed by atoms with E-state index in [1.807, 2.05) is 18.2 Å². The number of nitrogens with zero attached hydrogens (tertiary/aromatic N) is 4. The van der Waals surface area contributed by atoms with Gasteiger partial charge >= 0.3 is 11.9 Å². The number of benzene rings is 1. The summed E-state index contributed by atoms with van der Waals surface area (Å²) in [7, 11) is 3.86. The molecule has 0 spiro atoms. The molecule has 3 aliphatic rings. The van der Waals surface area contributed by atoms with Crippen molar-refractivity contribution >= 4 is 17.7 Å². The number of esters is 2. The van der Waals surface area contributed by atoms with Gasteiger partial charge in [0.05, 0.1) is 32.5 Å². The van der Waals surface area contributed by atoms with E-state index in [0.29, 0.717) is 36.7 Å². The number of hydrogen-bond acceptors (Lipinski definition) is 13.